The number of amides is 1. The molecule has 0 aliphatic rings. The summed E-state index contributed by atoms with van der Waals surface area (Å²) in [7, 11) is 0. The van der Waals surface area contributed by atoms with Gasteiger partial charge in [-0.3, -0.25) is 10.2 Å². The van der Waals surface area contributed by atoms with E-state index in [1.807, 2.05) is 13.0 Å². The first-order valence-corrected chi connectivity index (χ1v) is 6.53. The summed E-state index contributed by atoms with van der Waals surface area (Å²) in [5, 5.41) is 0. The van der Waals surface area contributed by atoms with Crippen LogP contribution in [-0.4, -0.2) is 25.2 Å². The van der Waals surface area contributed by atoms with E-state index in [-0.39, 0.29) is 12.0 Å². The maximum absolute atomic E-state index is 11.5. The molecule has 1 aromatic carbocycles. The normalized spacial score (nSPS) is 11.9. The number of hydrazine groups is 1. The van der Waals surface area contributed by atoms with Crippen LogP contribution in [0, 0.1) is 0 Å². The zero-order valence-corrected chi connectivity index (χ0v) is 11.5. The molecule has 0 aliphatic heterocycles. The Bertz CT molecular complexity index is 396. The highest BCUT2D eigenvalue weighted by Gasteiger charge is 2.10. The number of nitrogens with one attached hydrogen (secondary N) is 1. The fourth-order valence-electron chi connectivity index (χ4n) is 1.75. The van der Waals surface area contributed by atoms with Crippen LogP contribution in [0.25, 0.3) is 0 Å². The van der Waals surface area contributed by atoms with Crippen LogP contribution >= 0.6 is 0 Å². The number of benzene rings is 1. The summed E-state index contributed by atoms with van der Waals surface area (Å²) in [5.74, 6) is 5.27. The third kappa shape index (κ3) is 5.28. The van der Waals surface area contributed by atoms with Crippen molar-refractivity contribution in [3.63, 3.8) is 0 Å². The largest absolute Gasteiger partial charge is 0.490 e. The van der Waals surface area contributed by atoms with Gasteiger partial charge in [0, 0.05) is 0 Å². The van der Waals surface area contributed by atoms with E-state index in [2.05, 4.69) is 12.3 Å². The van der Waals surface area contributed by atoms with E-state index in [0.717, 1.165) is 12.8 Å². The van der Waals surface area contributed by atoms with Crippen LogP contribution in [-0.2, 0) is 4.74 Å². The average Bonchev–Trinajstić information content (AvgIpc) is 2.43. The minimum atomic E-state index is -0.365. The van der Waals surface area contributed by atoms with Gasteiger partial charge >= 0.3 is 0 Å². The molecule has 1 rings (SSSR count). The van der Waals surface area contributed by atoms with E-state index < -0.39 is 0 Å². The zero-order valence-electron chi connectivity index (χ0n) is 11.5. The van der Waals surface area contributed by atoms with Crippen molar-refractivity contribution < 1.29 is 14.3 Å². The number of carbonyl (C=O) groups is 1. The minimum absolute atomic E-state index is 0.233. The van der Waals surface area contributed by atoms with Crippen molar-refractivity contribution in [1.82, 2.24) is 5.43 Å². The van der Waals surface area contributed by atoms with Crippen LogP contribution < -0.4 is 16.0 Å². The Morgan fingerprint density at radius 3 is 2.79 bits per heavy atom. The molecule has 5 heteroatoms. The van der Waals surface area contributed by atoms with Crippen molar-refractivity contribution >= 4 is 5.91 Å². The van der Waals surface area contributed by atoms with E-state index >= 15 is 0 Å². The molecule has 1 unspecified atom stereocenters. The van der Waals surface area contributed by atoms with Gasteiger partial charge in [-0.25, -0.2) is 5.84 Å². The Morgan fingerprint density at radius 2 is 2.11 bits per heavy atom. The van der Waals surface area contributed by atoms with Gasteiger partial charge in [-0.05, 0) is 25.5 Å². The molecule has 106 valence electrons. The summed E-state index contributed by atoms with van der Waals surface area (Å²) in [6, 6.07) is 6.97. The van der Waals surface area contributed by atoms with E-state index in [9.17, 15) is 4.79 Å². The second kappa shape index (κ2) is 8.50. The number of carbonyl (C=O) groups excluding carboxylic acids is 1. The summed E-state index contributed by atoms with van der Waals surface area (Å²) >= 11 is 0. The predicted molar refractivity (Wildman–Crippen MR) is 73.9 cm³/mol. The molecule has 0 aliphatic carbocycles. The number of para-hydroxylation sites is 1. The van der Waals surface area contributed by atoms with Crippen LogP contribution in [0.1, 0.15) is 37.0 Å². The molecule has 0 saturated carbocycles. The number of nitrogens with two attached hydrogens (primary N) is 1. The number of hydrogen-bond donors (Lipinski definition) is 2. The standard InChI is InChI=1S/C14H22N2O3/c1-3-6-11(2)18-9-10-19-13-8-5-4-7-12(13)14(17)16-15/h4-5,7-8,11H,3,6,9-10,15H2,1-2H3,(H,16,17). The molecule has 0 saturated heterocycles. The van der Waals surface area contributed by atoms with Crippen molar-refractivity contribution in [3.8, 4) is 5.75 Å². The van der Waals surface area contributed by atoms with Crippen LogP contribution in [0.4, 0.5) is 0 Å². The molecule has 1 amide bonds. The lowest BCUT2D eigenvalue weighted by Gasteiger charge is -2.13. The zero-order chi connectivity index (χ0) is 14.1. The summed E-state index contributed by atoms with van der Waals surface area (Å²) in [6.07, 6.45) is 2.37. The van der Waals surface area contributed by atoms with Crippen molar-refractivity contribution in [2.75, 3.05) is 13.2 Å². The number of hydrogen-bond acceptors (Lipinski definition) is 4. The lowest BCUT2D eigenvalue weighted by atomic mass is 10.2. The van der Waals surface area contributed by atoms with Crippen molar-refractivity contribution in [3.05, 3.63) is 29.8 Å². The molecule has 0 fully saturated rings. The first kappa shape index (κ1) is 15.5. The minimum Gasteiger partial charge on any atom is -0.490 e. The summed E-state index contributed by atoms with van der Waals surface area (Å²) in [6.45, 7) is 5.07. The molecular formula is C14H22N2O3. The van der Waals surface area contributed by atoms with E-state index in [1.165, 1.54) is 0 Å². The van der Waals surface area contributed by atoms with Crippen LogP contribution in [0.3, 0.4) is 0 Å². The highest BCUT2D eigenvalue weighted by atomic mass is 16.5. The molecule has 3 N–H and O–H groups in total. The van der Waals surface area contributed by atoms with Crippen LogP contribution in [0.2, 0.25) is 0 Å². The van der Waals surface area contributed by atoms with E-state index in [4.69, 9.17) is 15.3 Å². The van der Waals surface area contributed by atoms with Gasteiger partial charge in [0.2, 0.25) is 0 Å². The van der Waals surface area contributed by atoms with Gasteiger partial charge in [-0.1, -0.05) is 25.5 Å². The van der Waals surface area contributed by atoms with Gasteiger partial charge < -0.3 is 9.47 Å². The summed E-state index contributed by atoms with van der Waals surface area (Å²) in [5.41, 5.74) is 2.52. The van der Waals surface area contributed by atoms with Gasteiger partial charge in [0.15, 0.2) is 0 Å². The van der Waals surface area contributed by atoms with Gasteiger partial charge in [0.1, 0.15) is 12.4 Å². The van der Waals surface area contributed by atoms with Crippen LogP contribution in [0.5, 0.6) is 5.75 Å². The molecule has 0 heterocycles. The topological polar surface area (TPSA) is 73.6 Å². The molecule has 19 heavy (non-hydrogen) atoms. The SMILES string of the molecule is CCCC(C)OCCOc1ccccc1C(=O)NN. The van der Waals surface area contributed by atoms with Crippen molar-refractivity contribution in [1.29, 1.82) is 0 Å². The van der Waals surface area contributed by atoms with Gasteiger partial charge in [-0.2, -0.15) is 0 Å². The molecule has 0 aromatic heterocycles. The van der Waals surface area contributed by atoms with Gasteiger partial charge in [0.25, 0.3) is 5.91 Å². The Kier molecular flexibility index (Phi) is 6.92. The molecular weight excluding hydrogens is 244 g/mol. The van der Waals surface area contributed by atoms with Crippen molar-refractivity contribution in [2.45, 2.75) is 32.8 Å². The molecule has 0 spiro atoms. The third-order valence-electron chi connectivity index (χ3n) is 2.70. The monoisotopic (exact) mass is 266 g/mol. The number of rotatable bonds is 8. The summed E-state index contributed by atoms with van der Waals surface area (Å²) in [4.78, 5) is 11.5. The Hall–Kier alpha value is -1.59. The van der Waals surface area contributed by atoms with E-state index in [1.54, 1.807) is 18.2 Å². The Balaban J connectivity index is 2.43. The first-order chi connectivity index (χ1) is 9.19. The average molecular weight is 266 g/mol. The van der Waals surface area contributed by atoms with Gasteiger partial charge in [-0.15, -0.1) is 0 Å². The first-order valence-electron chi connectivity index (χ1n) is 6.53. The lowest BCUT2D eigenvalue weighted by Crippen LogP contribution is -2.30. The maximum atomic E-state index is 11.5. The highest BCUT2D eigenvalue weighted by molar-refractivity contribution is 5.96. The Morgan fingerprint density at radius 1 is 1.37 bits per heavy atom. The fourth-order valence-corrected chi connectivity index (χ4v) is 1.75. The maximum Gasteiger partial charge on any atom is 0.268 e. The Labute approximate surface area is 114 Å². The molecule has 0 radical (unpaired) electrons. The lowest BCUT2D eigenvalue weighted by molar-refractivity contribution is 0.0393. The predicted octanol–water partition coefficient (Wildman–Crippen LogP) is 1.87. The number of nitrogen functional groups attached to an aromatic ring is 1. The molecule has 0 bridgehead atoms. The second-order valence-electron chi connectivity index (χ2n) is 4.29. The van der Waals surface area contributed by atoms with E-state index in [0.29, 0.717) is 24.5 Å². The highest BCUT2D eigenvalue weighted by Crippen LogP contribution is 2.17. The molecule has 1 aromatic rings. The summed E-state index contributed by atoms with van der Waals surface area (Å²) < 4.78 is 11.1. The quantitative estimate of drug-likeness (QED) is 0.326. The van der Waals surface area contributed by atoms with Gasteiger partial charge in [0.05, 0.1) is 18.3 Å². The molecule has 5 nitrogen and oxygen atoms in total. The second-order valence-corrected chi connectivity index (χ2v) is 4.29. The van der Waals surface area contributed by atoms with Crippen molar-refractivity contribution in [2.24, 2.45) is 5.84 Å². The smallest absolute Gasteiger partial charge is 0.268 e. The molecule has 1 atom stereocenters. The fraction of sp³-hybridized carbons (Fsp3) is 0.500. The number of ether oxygens (including phenoxy) is 2. The third-order valence-corrected chi connectivity index (χ3v) is 2.70. The van der Waals surface area contributed by atoms with Crippen LogP contribution in [0.15, 0.2) is 24.3 Å².